The van der Waals surface area contributed by atoms with E-state index >= 15 is 0 Å². The Morgan fingerprint density at radius 3 is 2.04 bits per heavy atom. The van der Waals surface area contributed by atoms with Crippen molar-refractivity contribution in [2.45, 2.75) is 40.4 Å². The first kappa shape index (κ1) is 36.8. The molecule has 3 nitrogen and oxygen atoms in total. The minimum absolute atomic E-state index is 0. The first-order valence-corrected chi connectivity index (χ1v) is 20.7. The first-order valence-electron chi connectivity index (χ1n) is 17.2. The van der Waals surface area contributed by atoms with E-state index in [-0.39, 0.29) is 25.9 Å². The van der Waals surface area contributed by atoms with Gasteiger partial charge in [0.2, 0.25) is 0 Å². The average Bonchev–Trinajstić information content (AvgIpc) is 3.51. The van der Waals surface area contributed by atoms with Crippen LogP contribution in [0.4, 0.5) is 4.39 Å². The summed E-state index contributed by atoms with van der Waals surface area (Å²) in [5.74, 6) is -0.333. The van der Waals surface area contributed by atoms with E-state index in [9.17, 15) is 4.39 Å². The third kappa shape index (κ3) is 7.47. The summed E-state index contributed by atoms with van der Waals surface area (Å²) < 4.78 is 20.9. The quantitative estimate of drug-likeness (QED) is 0.128. The van der Waals surface area contributed by atoms with Gasteiger partial charge in [0, 0.05) is 37.3 Å². The molecule has 3 heterocycles. The summed E-state index contributed by atoms with van der Waals surface area (Å²) in [6, 6.07) is 45.1. The molecule has 0 saturated heterocycles. The minimum atomic E-state index is -1.46. The summed E-state index contributed by atoms with van der Waals surface area (Å²) in [7, 11) is -1.46. The number of hydrogen-bond donors (Lipinski definition) is 0. The number of aromatic nitrogens is 2. The van der Waals surface area contributed by atoms with E-state index in [2.05, 4.69) is 104 Å². The van der Waals surface area contributed by atoms with Crippen LogP contribution in [0, 0.1) is 38.7 Å². The third-order valence-electron chi connectivity index (χ3n) is 9.18. The van der Waals surface area contributed by atoms with Gasteiger partial charge in [-0.05, 0) is 71.2 Å². The van der Waals surface area contributed by atoms with Gasteiger partial charge in [-0.25, -0.2) is 4.39 Å². The Bertz CT molecular complexity index is 2480. The van der Waals surface area contributed by atoms with E-state index in [1.54, 1.807) is 6.07 Å². The third-order valence-corrected chi connectivity index (χ3v) is 11.2. The van der Waals surface area contributed by atoms with Crippen LogP contribution in [-0.2, 0) is 20.1 Å². The van der Waals surface area contributed by atoms with E-state index in [0.29, 0.717) is 11.3 Å². The molecule has 0 bridgehead atoms. The first-order chi connectivity index (χ1) is 24.6. The molecule has 3 aromatic heterocycles. The molecule has 0 atom stereocenters. The van der Waals surface area contributed by atoms with Crippen LogP contribution in [0.2, 0.25) is 19.6 Å². The van der Waals surface area contributed by atoms with Gasteiger partial charge in [-0.15, -0.1) is 54.1 Å². The van der Waals surface area contributed by atoms with E-state index < -0.39 is 8.07 Å². The molecule has 0 unspecified atom stereocenters. The van der Waals surface area contributed by atoms with Crippen LogP contribution < -0.4 is 5.19 Å². The molecule has 8 aromatic rings. The number of aryl methyl sites for hydroxylation is 3. The number of furan rings is 1. The number of halogens is 1. The van der Waals surface area contributed by atoms with Gasteiger partial charge in [0.15, 0.2) is 0 Å². The van der Waals surface area contributed by atoms with Crippen molar-refractivity contribution >= 4 is 35.2 Å². The zero-order valence-corrected chi connectivity index (χ0v) is 33.5. The normalized spacial score (nSPS) is 11.2. The van der Waals surface area contributed by atoms with Crippen molar-refractivity contribution in [1.29, 1.82) is 0 Å². The molecule has 0 aliphatic carbocycles. The predicted molar refractivity (Wildman–Crippen MR) is 212 cm³/mol. The number of fused-ring (bicyclic) bond motifs is 3. The maximum absolute atomic E-state index is 14.8. The number of pyridine rings is 2. The molecule has 0 aliphatic heterocycles. The smallest absolute Gasteiger partial charge is 0.147 e. The molecule has 0 spiro atoms. The largest absolute Gasteiger partial charge is 0.501 e. The maximum atomic E-state index is 14.8. The number of hydrogen-bond acceptors (Lipinski definition) is 3. The Hall–Kier alpha value is -5.00. The molecule has 0 saturated carbocycles. The van der Waals surface area contributed by atoms with Gasteiger partial charge in [0.25, 0.3) is 0 Å². The number of para-hydroxylation sites is 1. The molecule has 0 N–H and O–H groups in total. The van der Waals surface area contributed by atoms with Gasteiger partial charge in [-0.2, -0.15) is 0 Å². The van der Waals surface area contributed by atoms with Crippen molar-refractivity contribution in [3.63, 3.8) is 0 Å². The fraction of sp³-hybridized carbons (Fsp3) is 0.130. The van der Waals surface area contributed by atoms with Crippen LogP contribution in [-0.4, -0.2) is 18.0 Å². The SMILES string of the molecule is C[Si](C)(C)c1cnc(-c2[c-]cccc2)cc1-c1ccccc1.Cc1cc(C)c(-c2cc(-c3[c-]ccc4c3oc3ccccc34)ncc2F)c(C)c1.[Ir]. The molecule has 6 heteroatoms. The molecule has 0 amide bonds. The Morgan fingerprint density at radius 2 is 1.33 bits per heavy atom. The standard InChI is InChI=1S/C26H19FNO.C20H20NSi.Ir/c1-15-11-16(2)25(17(3)12-15)21-13-23(28-14-22(21)27)20-9-6-8-19-18-7-4-5-10-24(18)29-26(19)20;1-22(2,3)20-15-21-19(17-12-8-5-9-13-17)14-18(20)16-10-6-4-7-11-16;/h4-8,10-14H,1-3H3;4-12,14-15H,1-3H3;/q2*-1;. The van der Waals surface area contributed by atoms with Crippen LogP contribution in [0.1, 0.15) is 16.7 Å². The number of rotatable bonds is 5. The zero-order chi connectivity index (χ0) is 35.7. The summed E-state index contributed by atoms with van der Waals surface area (Å²) in [5.41, 5.74) is 12.2. The van der Waals surface area contributed by atoms with Gasteiger partial charge < -0.3 is 14.4 Å². The summed E-state index contributed by atoms with van der Waals surface area (Å²) in [4.78, 5) is 9.07. The van der Waals surface area contributed by atoms with E-state index in [1.165, 1.54) is 28.1 Å². The van der Waals surface area contributed by atoms with E-state index in [1.807, 2.05) is 68.4 Å². The fourth-order valence-corrected chi connectivity index (χ4v) is 8.34. The minimum Gasteiger partial charge on any atom is -0.501 e. The van der Waals surface area contributed by atoms with Crippen LogP contribution in [0.25, 0.3) is 66.7 Å². The second-order valence-electron chi connectivity index (χ2n) is 14.0. The summed E-state index contributed by atoms with van der Waals surface area (Å²) in [6.07, 6.45) is 3.36. The van der Waals surface area contributed by atoms with Crippen LogP contribution in [0.15, 0.2) is 132 Å². The van der Waals surface area contributed by atoms with Crippen molar-refractivity contribution < 1.29 is 28.9 Å². The summed E-state index contributed by atoms with van der Waals surface area (Å²) in [6.45, 7) is 13.2. The Morgan fingerprint density at radius 1 is 0.654 bits per heavy atom. The van der Waals surface area contributed by atoms with Crippen molar-refractivity contribution in [3.8, 4) is 44.8 Å². The van der Waals surface area contributed by atoms with E-state index in [4.69, 9.17) is 9.40 Å². The second kappa shape index (κ2) is 15.3. The predicted octanol–water partition coefficient (Wildman–Crippen LogP) is 11.9. The van der Waals surface area contributed by atoms with Crippen molar-refractivity contribution in [1.82, 2.24) is 9.97 Å². The van der Waals surface area contributed by atoms with Crippen molar-refractivity contribution in [2.75, 3.05) is 0 Å². The Kier molecular flexibility index (Phi) is 10.8. The second-order valence-corrected chi connectivity index (χ2v) is 19.1. The molecule has 52 heavy (non-hydrogen) atoms. The van der Waals surface area contributed by atoms with Gasteiger partial charge in [0.1, 0.15) is 11.4 Å². The topological polar surface area (TPSA) is 38.9 Å². The Balaban J connectivity index is 0.000000182. The van der Waals surface area contributed by atoms with Crippen LogP contribution >= 0.6 is 0 Å². The molecule has 5 aromatic carbocycles. The summed E-state index contributed by atoms with van der Waals surface area (Å²) in [5, 5.41) is 3.45. The molecule has 0 aliphatic rings. The fourth-order valence-electron chi connectivity index (χ4n) is 6.86. The number of benzene rings is 5. The van der Waals surface area contributed by atoms with Crippen molar-refractivity contribution in [2.24, 2.45) is 0 Å². The molecule has 261 valence electrons. The molecule has 1 radical (unpaired) electrons. The Labute approximate surface area is 320 Å². The molecule has 0 fully saturated rings. The molecule has 8 rings (SSSR count). The number of nitrogens with zero attached hydrogens (tertiary/aromatic N) is 2. The summed E-state index contributed by atoms with van der Waals surface area (Å²) >= 11 is 0. The maximum Gasteiger partial charge on any atom is 0.147 e. The van der Waals surface area contributed by atoms with Gasteiger partial charge in [-0.1, -0.05) is 109 Å². The van der Waals surface area contributed by atoms with Crippen molar-refractivity contribution in [3.05, 3.63) is 162 Å². The van der Waals surface area contributed by atoms with Gasteiger partial charge in [0.05, 0.1) is 19.9 Å². The van der Waals surface area contributed by atoms with Crippen LogP contribution in [0.5, 0.6) is 0 Å². The van der Waals surface area contributed by atoms with Crippen LogP contribution in [0.3, 0.4) is 0 Å². The average molecular weight is 875 g/mol. The van der Waals surface area contributed by atoms with Gasteiger partial charge in [-0.3, -0.25) is 0 Å². The molecular weight excluding hydrogens is 836 g/mol. The van der Waals surface area contributed by atoms with Gasteiger partial charge >= 0.3 is 0 Å². The van der Waals surface area contributed by atoms with E-state index in [0.717, 1.165) is 55.4 Å². The molecular formula is C46H39FIrN2OSi-2. The zero-order valence-electron chi connectivity index (χ0n) is 30.1. The monoisotopic (exact) mass is 875 g/mol.